The van der Waals surface area contributed by atoms with Gasteiger partial charge in [-0.2, -0.15) is 0 Å². The predicted molar refractivity (Wildman–Crippen MR) is 75.8 cm³/mol. The Labute approximate surface area is 124 Å². The summed E-state index contributed by atoms with van der Waals surface area (Å²) in [5.41, 5.74) is 0. The summed E-state index contributed by atoms with van der Waals surface area (Å²) in [7, 11) is 0. The molecule has 1 atom stereocenters. The van der Waals surface area contributed by atoms with Gasteiger partial charge in [-0.05, 0) is 39.0 Å². The van der Waals surface area contributed by atoms with Crippen LogP contribution >= 0.6 is 0 Å². The van der Waals surface area contributed by atoms with Crippen molar-refractivity contribution in [1.82, 2.24) is 15.1 Å². The number of amides is 3. The number of aliphatic carboxylic acids is 1. The zero-order valence-electron chi connectivity index (χ0n) is 12.4. The van der Waals surface area contributed by atoms with Gasteiger partial charge in [-0.25, -0.2) is 4.79 Å². The number of likely N-dealkylation sites (tertiary alicyclic amines) is 1. The lowest BCUT2D eigenvalue weighted by atomic mass is 10.1. The van der Waals surface area contributed by atoms with Crippen LogP contribution in [0.15, 0.2) is 0 Å². The zero-order chi connectivity index (χ0) is 15.4. The summed E-state index contributed by atoms with van der Waals surface area (Å²) in [6.07, 6.45) is 4.79. The largest absolute Gasteiger partial charge is 0.480 e. The van der Waals surface area contributed by atoms with Gasteiger partial charge in [0.15, 0.2) is 0 Å². The molecule has 1 aliphatic carbocycles. The molecule has 7 heteroatoms. The number of carboxylic acids is 1. The molecule has 2 aliphatic rings. The number of hydrogen-bond acceptors (Lipinski definition) is 3. The first kappa shape index (κ1) is 15.6. The van der Waals surface area contributed by atoms with Crippen LogP contribution in [0.1, 0.15) is 39.0 Å². The van der Waals surface area contributed by atoms with Gasteiger partial charge in [0, 0.05) is 19.1 Å². The van der Waals surface area contributed by atoms with Crippen LogP contribution in [0.25, 0.3) is 0 Å². The minimum Gasteiger partial charge on any atom is -0.480 e. The second-order valence-corrected chi connectivity index (χ2v) is 5.81. The number of rotatable bonds is 5. The van der Waals surface area contributed by atoms with Crippen molar-refractivity contribution < 1.29 is 19.5 Å². The molecule has 118 valence electrons. The van der Waals surface area contributed by atoms with E-state index in [0.29, 0.717) is 0 Å². The maximum Gasteiger partial charge on any atom is 0.323 e. The molecule has 0 radical (unpaired) electrons. The lowest BCUT2D eigenvalue weighted by Gasteiger charge is -2.30. The van der Waals surface area contributed by atoms with E-state index in [4.69, 9.17) is 5.11 Å². The Morgan fingerprint density at radius 1 is 1.24 bits per heavy atom. The molecule has 1 aliphatic heterocycles. The number of carbonyl (C=O) groups is 3. The Kier molecular flexibility index (Phi) is 5.03. The Hall–Kier alpha value is -1.79. The highest BCUT2D eigenvalue weighted by Gasteiger charge is 2.35. The lowest BCUT2D eigenvalue weighted by Crippen LogP contribution is -2.53. The first-order valence-electron chi connectivity index (χ1n) is 7.56. The van der Waals surface area contributed by atoms with Crippen molar-refractivity contribution in [1.29, 1.82) is 0 Å². The van der Waals surface area contributed by atoms with Gasteiger partial charge in [-0.1, -0.05) is 0 Å². The van der Waals surface area contributed by atoms with Crippen molar-refractivity contribution in [2.75, 3.05) is 19.6 Å². The van der Waals surface area contributed by atoms with E-state index in [1.54, 1.807) is 11.8 Å². The molecule has 2 rings (SSSR count). The van der Waals surface area contributed by atoms with Crippen LogP contribution in [0.5, 0.6) is 0 Å². The lowest BCUT2D eigenvalue weighted by molar-refractivity contribution is -0.137. The number of piperidine rings is 1. The molecule has 1 saturated carbocycles. The van der Waals surface area contributed by atoms with Gasteiger partial charge in [0.2, 0.25) is 5.91 Å². The number of urea groups is 1. The molecule has 21 heavy (non-hydrogen) atoms. The monoisotopic (exact) mass is 297 g/mol. The summed E-state index contributed by atoms with van der Waals surface area (Å²) in [6.45, 7) is 2.81. The van der Waals surface area contributed by atoms with E-state index in [2.05, 4.69) is 5.32 Å². The van der Waals surface area contributed by atoms with Crippen LogP contribution in [0.3, 0.4) is 0 Å². The van der Waals surface area contributed by atoms with Gasteiger partial charge in [-0.15, -0.1) is 0 Å². The molecule has 0 aromatic carbocycles. The first-order valence-corrected chi connectivity index (χ1v) is 7.56. The van der Waals surface area contributed by atoms with E-state index in [1.165, 1.54) is 4.90 Å². The van der Waals surface area contributed by atoms with Crippen LogP contribution < -0.4 is 5.32 Å². The minimum absolute atomic E-state index is 0.00149. The highest BCUT2D eigenvalue weighted by atomic mass is 16.4. The maximum absolute atomic E-state index is 12.2. The highest BCUT2D eigenvalue weighted by molar-refractivity contribution is 5.88. The predicted octanol–water partition coefficient (Wildman–Crippen LogP) is 0.646. The van der Waals surface area contributed by atoms with Gasteiger partial charge in [0.05, 0.1) is 0 Å². The third-order valence-electron chi connectivity index (χ3n) is 3.93. The van der Waals surface area contributed by atoms with Crippen LogP contribution in [-0.4, -0.2) is 64.5 Å². The molecule has 1 heterocycles. The number of carbonyl (C=O) groups excluding carboxylic acids is 2. The molecule has 0 spiro atoms. The third-order valence-corrected chi connectivity index (χ3v) is 3.93. The summed E-state index contributed by atoms with van der Waals surface area (Å²) in [5, 5.41) is 11.5. The normalized spacial score (nSPS) is 19.8. The number of carboxylic acid groups (broad SMARTS) is 1. The summed E-state index contributed by atoms with van der Waals surface area (Å²) < 4.78 is 0. The van der Waals surface area contributed by atoms with Crippen LogP contribution in [0, 0.1) is 0 Å². The Bertz CT molecular complexity index is 416. The topological polar surface area (TPSA) is 90.0 Å². The summed E-state index contributed by atoms with van der Waals surface area (Å²) in [6, 6.07) is -1.08. The molecule has 0 aromatic heterocycles. The summed E-state index contributed by atoms with van der Waals surface area (Å²) in [5.74, 6) is -1.12. The number of nitrogens with zero attached hydrogens (tertiary/aromatic N) is 2. The molecule has 0 aromatic rings. The Morgan fingerprint density at radius 3 is 2.38 bits per heavy atom. The molecule has 0 bridgehead atoms. The molecule has 2 N–H and O–H groups in total. The van der Waals surface area contributed by atoms with Gasteiger partial charge >= 0.3 is 12.0 Å². The van der Waals surface area contributed by atoms with Crippen LogP contribution in [-0.2, 0) is 9.59 Å². The second-order valence-electron chi connectivity index (χ2n) is 5.81. The fourth-order valence-electron chi connectivity index (χ4n) is 2.62. The third kappa shape index (κ3) is 4.34. The van der Waals surface area contributed by atoms with Gasteiger partial charge in [0.25, 0.3) is 0 Å². The quantitative estimate of drug-likeness (QED) is 0.779. The van der Waals surface area contributed by atoms with Crippen molar-refractivity contribution in [3.8, 4) is 0 Å². The van der Waals surface area contributed by atoms with E-state index in [0.717, 1.165) is 45.2 Å². The number of nitrogens with one attached hydrogen (secondary N) is 1. The molecular weight excluding hydrogens is 274 g/mol. The molecule has 2 fully saturated rings. The molecule has 3 amide bonds. The molecule has 7 nitrogen and oxygen atoms in total. The fraction of sp³-hybridized carbons (Fsp3) is 0.786. The SMILES string of the molecule is CC(NC(=O)N(CC(=O)O)C1CC1)C(=O)N1CCCCC1. The molecule has 1 unspecified atom stereocenters. The van der Waals surface area contributed by atoms with Crippen molar-refractivity contribution in [2.24, 2.45) is 0 Å². The average molecular weight is 297 g/mol. The standard InChI is InChI=1S/C14H23N3O4/c1-10(13(20)16-7-3-2-4-8-16)15-14(21)17(9-12(18)19)11-5-6-11/h10-11H,2-9H2,1H3,(H,15,21)(H,18,19). The van der Waals surface area contributed by atoms with Gasteiger partial charge in [-0.3, -0.25) is 9.59 Å². The van der Waals surface area contributed by atoms with Gasteiger partial charge < -0.3 is 20.2 Å². The van der Waals surface area contributed by atoms with Crippen molar-refractivity contribution >= 4 is 17.9 Å². The zero-order valence-corrected chi connectivity index (χ0v) is 12.4. The fourth-order valence-corrected chi connectivity index (χ4v) is 2.62. The Morgan fingerprint density at radius 2 is 1.86 bits per heavy atom. The molecule has 1 saturated heterocycles. The highest BCUT2D eigenvalue weighted by Crippen LogP contribution is 2.26. The summed E-state index contributed by atoms with van der Waals surface area (Å²) in [4.78, 5) is 38.3. The van der Waals surface area contributed by atoms with Crippen molar-refractivity contribution in [3.63, 3.8) is 0 Å². The van der Waals surface area contributed by atoms with Crippen molar-refractivity contribution in [2.45, 2.75) is 51.1 Å². The maximum atomic E-state index is 12.2. The smallest absolute Gasteiger partial charge is 0.323 e. The average Bonchev–Trinajstić information content (AvgIpc) is 3.29. The van der Waals surface area contributed by atoms with E-state index in [9.17, 15) is 14.4 Å². The first-order chi connectivity index (χ1) is 9.99. The number of hydrogen-bond donors (Lipinski definition) is 2. The van der Waals surface area contributed by atoms with Crippen molar-refractivity contribution in [3.05, 3.63) is 0 Å². The minimum atomic E-state index is -1.04. The van der Waals surface area contributed by atoms with Crippen LogP contribution in [0.2, 0.25) is 0 Å². The van der Waals surface area contributed by atoms with E-state index < -0.39 is 18.0 Å². The van der Waals surface area contributed by atoms with Gasteiger partial charge in [0.1, 0.15) is 12.6 Å². The molecular formula is C14H23N3O4. The Balaban J connectivity index is 1.87. The second kappa shape index (κ2) is 6.78. The van der Waals surface area contributed by atoms with Crippen LogP contribution in [0.4, 0.5) is 4.79 Å². The van der Waals surface area contributed by atoms with E-state index >= 15 is 0 Å². The van der Waals surface area contributed by atoms with E-state index in [1.807, 2.05) is 0 Å². The van der Waals surface area contributed by atoms with E-state index in [-0.39, 0.29) is 18.5 Å². The summed E-state index contributed by atoms with van der Waals surface area (Å²) >= 11 is 0.